The molecule has 17 heavy (non-hydrogen) atoms. The number of halogens is 2. The third-order valence-electron chi connectivity index (χ3n) is 1.70. The van der Waals surface area contributed by atoms with Crippen LogP contribution in [0.1, 0.15) is 28.3 Å². The maximum Gasteiger partial charge on any atom is 0.339 e. The van der Waals surface area contributed by atoms with Gasteiger partial charge in [-0.1, -0.05) is 0 Å². The van der Waals surface area contributed by atoms with Gasteiger partial charge in [-0.3, -0.25) is 0 Å². The van der Waals surface area contributed by atoms with Crippen LogP contribution in [-0.2, 0) is 15.6 Å². The Hall–Kier alpha value is -1.64. The Kier molecular flexibility index (Phi) is 3.71. The van der Waals surface area contributed by atoms with Crippen molar-refractivity contribution in [2.75, 3.05) is 6.26 Å². The lowest BCUT2D eigenvalue weighted by atomic mass is 10.2. The first kappa shape index (κ1) is 13.4. The number of sulfone groups is 1. The molecular weight excluding hydrogens is 258 g/mol. The van der Waals surface area contributed by atoms with Crippen LogP contribution in [0.3, 0.4) is 0 Å². The van der Waals surface area contributed by atoms with Crippen LogP contribution in [0.4, 0.5) is 8.78 Å². The minimum Gasteiger partial charge on any atom is -0.478 e. The molecule has 1 aromatic heterocycles. The Morgan fingerprint density at radius 1 is 1.53 bits per heavy atom. The third kappa shape index (κ3) is 3.70. The molecule has 1 aromatic rings. The number of hydrogen-bond donors (Lipinski definition) is 1. The Labute approximate surface area is 95.2 Å². The molecule has 0 aliphatic carbocycles. The zero-order valence-electron chi connectivity index (χ0n) is 8.59. The van der Waals surface area contributed by atoms with Gasteiger partial charge < -0.3 is 5.11 Å². The van der Waals surface area contributed by atoms with Crippen LogP contribution in [0.2, 0.25) is 0 Å². The summed E-state index contributed by atoms with van der Waals surface area (Å²) >= 11 is 0. The molecule has 0 aromatic carbocycles. The molecule has 0 amide bonds. The summed E-state index contributed by atoms with van der Waals surface area (Å²) in [6, 6.07) is 0. The van der Waals surface area contributed by atoms with Gasteiger partial charge in [-0.05, 0) is 0 Å². The topological polar surface area (TPSA) is 97.2 Å². The summed E-state index contributed by atoms with van der Waals surface area (Å²) < 4.78 is 46.8. The average molecular weight is 266 g/mol. The number of aromatic carboxylic acids is 1. The Morgan fingerprint density at radius 2 is 2.12 bits per heavy atom. The number of carboxylic acids is 1. The predicted molar refractivity (Wildman–Crippen MR) is 52.5 cm³/mol. The molecular formula is C8H8F2N2O4S. The molecule has 0 saturated carbocycles. The SMILES string of the molecule is CS(=O)(=O)Cc1ncc(C(=O)O)c(C(F)F)n1. The molecule has 94 valence electrons. The standard InChI is InChI=1S/C8H8F2N2O4S/c1-17(15,16)3-5-11-2-4(8(13)14)6(12-5)7(9)10/h2,7H,3H2,1H3,(H,13,14). The maximum absolute atomic E-state index is 12.5. The van der Waals surface area contributed by atoms with Crippen LogP contribution < -0.4 is 0 Å². The number of nitrogens with zero attached hydrogens (tertiary/aromatic N) is 2. The molecule has 9 heteroatoms. The van der Waals surface area contributed by atoms with Gasteiger partial charge in [-0.25, -0.2) is 32.0 Å². The van der Waals surface area contributed by atoms with Gasteiger partial charge in [0.1, 0.15) is 22.8 Å². The summed E-state index contributed by atoms with van der Waals surface area (Å²) in [5.74, 6) is -2.56. The highest BCUT2D eigenvalue weighted by atomic mass is 32.2. The molecule has 6 nitrogen and oxygen atoms in total. The molecule has 1 rings (SSSR count). The van der Waals surface area contributed by atoms with Crippen molar-refractivity contribution in [2.45, 2.75) is 12.2 Å². The highest BCUT2D eigenvalue weighted by Gasteiger charge is 2.22. The largest absolute Gasteiger partial charge is 0.478 e. The second-order valence-corrected chi connectivity index (χ2v) is 5.40. The van der Waals surface area contributed by atoms with Gasteiger partial charge in [-0.15, -0.1) is 0 Å². The van der Waals surface area contributed by atoms with E-state index in [1.165, 1.54) is 0 Å². The van der Waals surface area contributed by atoms with Gasteiger partial charge in [-0.2, -0.15) is 0 Å². The van der Waals surface area contributed by atoms with E-state index in [9.17, 15) is 22.0 Å². The summed E-state index contributed by atoms with van der Waals surface area (Å²) in [5, 5.41) is 8.61. The minimum atomic E-state index is -3.47. The molecule has 0 saturated heterocycles. The van der Waals surface area contributed by atoms with Crippen molar-refractivity contribution in [3.05, 3.63) is 23.3 Å². The van der Waals surface area contributed by atoms with Gasteiger partial charge in [0, 0.05) is 12.5 Å². The zero-order valence-corrected chi connectivity index (χ0v) is 9.41. The molecule has 0 radical (unpaired) electrons. The lowest BCUT2D eigenvalue weighted by molar-refractivity contribution is 0.0681. The molecule has 1 N–H and O–H groups in total. The zero-order chi connectivity index (χ0) is 13.2. The quantitative estimate of drug-likeness (QED) is 0.859. The van der Waals surface area contributed by atoms with Crippen LogP contribution in [0.5, 0.6) is 0 Å². The molecule has 0 aliphatic heterocycles. The van der Waals surface area contributed by atoms with Crippen LogP contribution in [0.25, 0.3) is 0 Å². The lowest BCUT2D eigenvalue weighted by Crippen LogP contribution is -2.12. The van der Waals surface area contributed by atoms with Crippen LogP contribution in [-0.4, -0.2) is 35.7 Å². The van der Waals surface area contributed by atoms with E-state index in [4.69, 9.17) is 5.11 Å². The summed E-state index contributed by atoms with van der Waals surface area (Å²) in [5.41, 5.74) is -1.72. The van der Waals surface area contributed by atoms with Crippen LogP contribution in [0.15, 0.2) is 6.20 Å². The number of alkyl halides is 2. The summed E-state index contributed by atoms with van der Waals surface area (Å²) in [7, 11) is -3.47. The van der Waals surface area contributed by atoms with Crippen molar-refractivity contribution in [1.29, 1.82) is 0 Å². The fraction of sp³-hybridized carbons (Fsp3) is 0.375. The summed E-state index contributed by atoms with van der Waals surface area (Å²) in [6.45, 7) is 0. The van der Waals surface area contributed by atoms with Crippen molar-refractivity contribution in [3.63, 3.8) is 0 Å². The first-order chi connectivity index (χ1) is 7.70. The first-order valence-electron chi connectivity index (χ1n) is 4.25. The second kappa shape index (κ2) is 4.70. The predicted octanol–water partition coefficient (Wildman–Crippen LogP) is 0.657. The Bertz CT molecular complexity index is 544. The second-order valence-electron chi connectivity index (χ2n) is 3.26. The maximum atomic E-state index is 12.5. The van der Waals surface area contributed by atoms with Crippen LogP contribution in [0, 0.1) is 0 Å². The first-order valence-corrected chi connectivity index (χ1v) is 6.31. The molecule has 0 bridgehead atoms. The van der Waals surface area contributed by atoms with Gasteiger partial charge in [0.25, 0.3) is 6.43 Å². The van der Waals surface area contributed by atoms with E-state index in [0.717, 1.165) is 6.26 Å². The minimum absolute atomic E-state index is 0.354. The fourth-order valence-electron chi connectivity index (χ4n) is 1.07. The van der Waals surface area contributed by atoms with Gasteiger partial charge in [0.05, 0.1) is 0 Å². The van der Waals surface area contributed by atoms with E-state index < -0.39 is 39.2 Å². The van der Waals surface area contributed by atoms with Gasteiger partial charge in [0.2, 0.25) is 0 Å². The van der Waals surface area contributed by atoms with E-state index in [1.54, 1.807) is 0 Å². The van der Waals surface area contributed by atoms with E-state index in [2.05, 4.69) is 9.97 Å². The molecule has 0 spiro atoms. The molecule has 0 unspecified atom stereocenters. The number of carbonyl (C=O) groups is 1. The van der Waals surface area contributed by atoms with Crippen LogP contribution >= 0.6 is 0 Å². The highest BCUT2D eigenvalue weighted by Crippen LogP contribution is 2.20. The summed E-state index contributed by atoms with van der Waals surface area (Å²) in [6.07, 6.45) is -1.54. The van der Waals surface area contributed by atoms with Crippen molar-refractivity contribution in [3.8, 4) is 0 Å². The summed E-state index contributed by atoms with van der Waals surface area (Å²) in [4.78, 5) is 17.3. The number of aromatic nitrogens is 2. The number of hydrogen-bond acceptors (Lipinski definition) is 5. The molecule has 0 fully saturated rings. The van der Waals surface area contributed by atoms with E-state index in [-0.39, 0.29) is 5.82 Å². The molecule has 0 atom stereocenters. The van der Waals surface area contributed by atoms with E-state index >= 15 is 0 Å². The van der Waals surface area contributed by atoms with Gasteiger partial charge >= 0.3 is 5.97 Å². The lowest BCUT2D eigenvalue weighted by Gasteiger charge is -2.05. The Balaban J connectivity index is 3.24. The van der Waals surface area contributed by atoms with Crippen molar-refractivity contribution >= 4 is 15.8 Å². The van der Waals surface area contributed by atoms with Crippen molar-refractivity contribution < 1.29 is 27.1 Å². The Morgan fingerprint density at radius 3 is 2.53 bits per heavy atom. The molecule has 0 aliphatic rings. The highest BCUT2D eigenvalue weighted by molar-refractivity contribution is 7.89. The van der Waals surface area contributed by atoms with Gasteiger partial charge in [0.15, 0.2) is 9.84 Å². The number of rotatable bonds is 4. The number of carboxylic acid groups (broad SMARTS) is 1. The third-order valence-corrected chi connectivity index (χ3v) is 2.48. The fourth-order valence-corrected chi connectivity index (χ4v) is 1.68. The normalized spacial score (nSPS) is 11.8. The van der Waals surface area contributed by atoms with E-state index in [0.29, 0.717) is 6.20 Å². The van der Waals surface area contributed by atoms with Crippen molar-refractivity contribution in [2.24, 2.45) is 0 Å². The van der Waals surface area contributed by atoms with E-state index in [1.807, 2.05) is 0 Å². The molecule has 1 heterocycles. The van der Waals surface area contributed by atoms with Crippen molar-refractivity contribution in [1.82, 2.24) is 9.97 Å². The monoisotopic (exact) mass is 266 g/mol. The smallest absolute Gasteiger partial charge is 0.339 e. The average Bonchev–Trinajstić information content (AvgIpc) is 2.14.